The maximum Gasteiger partial charge on any atom is 0.325 e. The van der Waals surface area contributed by atoms with E-state index in [4.69, 9.17) is 10.8 Å². The highest BCUT2D eigenvalue weighted by molar-refractivity contribution is 5.94. The van der Waals surface area contributed by atoms with Gasteiger partial charge in [0.2, 0.25) is 23.6 Å². The number of aliphatic carboxylic acids is 1. The van der Waals surface area contributed by atoms with Gasteiger partial charge in [0.25, 0.3) is 0 Å². The van der Waals surface area contributed by atoms with E-state index in [-0.39, 0.29) is 24.7 Å². The SMILES string of the molecule is CCC(C)C(NC(=O)C(CCC(N)=O)NC(=O)C1CCCN1)C(=O)NC(C)C(=O)O. The molecular weight excluding hydrogens is 394 g/mol. The first kappa shape index (κ1) is 25.3. The van der Waals surface area contributed by atoms with Crippen LogP contribution in [0, 0.1) is 5.92 Å². The summed E-state index contributed by atoms with van der Waals surface area (Å²) < 4.78 is 0. The van der Waals surface area contributed by atoms with Crippen molar-refractivity contribution in [1.29, 1.82) is 0 Å². The smallest absolute Gasteiger partial charge is 0.325 e. The molecule has 5 atom stereocenters. The van der Waals surface area contributed by atoms with Gasteiger partial charge in [-0.05, 0) is 38.6 Å². The predicted octanol–water partition coefficient (Wildman–Crippen LogP) is -1.39. The Morgan fingerprint density at radius 1 is 1.10 bits per heavy atom. The van der Waals surface area contributed by atoms with E-state index in [2.05, 4.69) is 21.3 Å². The van der Waals surface area contributed by atoms with E-state index in [0.29, 0.717) is 19.4 Å². The van der Waals surface area contributed by atoms with Gasteiger partial charge >= 0.3 is 5.97 Å². The van der Waals surface area contributed by atoms with Crippen LogP contribution in [-0.4, -0.2) is 65.4 Å². The minimum Gasteiger partial charge on any atom is -0.480 e. The van der Waals surface area contributed by atoms with Crippen molar-refractivity contribution in [2.75, 3.05) is 6.54 Å². The highest BCUT2D eigenvalue weighted by atomic mass is 16.4. The zero-order chi connectivity index (χ0) is 22.8. The Labute approximate surface area is 175 Å². The second kappa shape index (κ2) is 12.1. The summed E-state index contributed by atoms with van der Waals surface area (Å²) in [6.07, 6.45) is 1.89. The third kappa shape index (κ3) is 7.97. The van der Waals surface area contributed by atoms with E-state index < -0.39 is 47.9 Å². The summed E-state index contributed by atoms with van der Waals surface area (Å²) in [7, 11) is 0. The quantitative estimate of drug-likeness (QED) is 0.222. The number of carbonyl (C=O) groups excluding carboxylic acids is 4. The molecule has 4 amide bonds. The monoisotopic (exact) mass is 427 g/mol. The van der Waals surface area contributed by atoms with Gasteiger partial charge in [0.1, 0.15) is 18.1 Å². The summed E-state index contributed by atoms with van der Waals surface area (Å²) in [6, 6.07) is -3.59. The van der Waals surface area contributed by atoms with E-state index in [1.807, 2.05) is 6.92 Å². The van der Waals surface area contributed by atoms with E-state index in [0.717, 1.165) is 6.42 Å². The lowest BCUT2D eigenvalue weighted by Gasteiger charge is -2.27. The molecule has 0 aromatic rings. The Morgan fingerprint density at radius 2 is 1.77 bits per heavy atom. The molecule has 1 fully saturated rings. The summed E-state index contributed by atoms with van der Waals surface area (Å²) in [6.45, 7) is 5.60. The molecule has 1 heterocycles. The van der Waals surface area contributed by atoms with Crippen molar-refractivity contribution in [3.05, 3.63) is 0 Å². The zero-order valence-corrected chi connectivity index (χ0v) is 17.7. The molecule has 0 aromatic carbocycles. The van der Waals surface area contributed by atoms with Crippen molar-refractivity contribution >= 4 is 29.6 Å². The number of carbonyl (C=O) groups is 5. The highest BCUT2D eigenvalue weighted by Crippen LogP contribution is 2.11. The van der Waals surface area contributed by atoms with E-state index in [1.165, 1.54) is 6.92 Å². The first-order valence-corrected chi connectivity index (χ1v) is 10.2. The number of nitrogens with two attached hydrogens (primary N) is 1. The summed E-state index contributed by atoms with van der Waals surface area (Å²) in [5.74, 6) is -3.74. The molecule has 7 N–H and O–H groups in total. The van der Waals surface area contributed by atoms with Crippen molar-refractivity contribution in [3.8, 4) is 0 Å². The zero-order valence-electron chi connectivity index (χ0n) is 17.7. The molecule has 0 saturated carbocycles. The highest BCUT2D eigenvalue weighted by Gasteiger charge is 2.32. The van der Waals surface area contributed by atoms with E-state index in [9.17, 15) is 24.0 Å². The first-order chi connectivity index (χ1) is 14.1. The van der Waals surface area contributed by atoms with Gasteiger partial charge in [-0.1, -0.05) is 20.3 Å². The predicted molar refractivity (Wildman–Crippen MR) is 108 cm³/mol. The standard InChI is InChI=1S/C19H33N5O6/c1-4-10(2)15(18(28)22-11(3)19(29)30)24-17(27)13(7-8-14(20)25)23-16(26)12-6-5-9-21-12/h10-13,15,21H,4-9H2,1-3H3,(H2,20,25)(H,22,28)(H,23,26)(H,24,27)(H,29,30). The largest absolute Gasteiger partial charge is 0.480 e. The number of rotatable bonds is 12. The van der Waals surface area contributed by atoms with Gasteiger partial charge in [-0.2, -0.15) is 0 Å². The van der Waals surface area contributed by atoms with Gasteiger partial charge in [0, 0.05) is 6.42 Å². The summed E-state index contributed by atoms with van der Waals surface area (Å²) in [5.41, 5.74) is 5.18. The van der Waals surface area contributed by atoms with Gasteiger partial charge in [-0.15, -0.1) is 0 Å². The lowest BCUT2D eigenvalue weighted by molar-refractivity contribution is -0.142. The number of primary amides is 1. The fraction of sp³-hybridized carbons (Fsp3) is 0.737. The number of carboxylic acid groups (broad SMARTS) is 1. The van der Waals surface area contributed by atoms with Gasteiger partial charge in [0.05, 0.1) is 6.04 Å². The van der Waals surface area contributed by atoms with Crippen molar-refractivity contribution < 1.29 is 29.1 Å². The van der Waals surface area contributed by atoms with Crippen LogP contribution in [0.15, 0.2) is 0 Å². The van der Waals surface area contributed by atoms with Gasteiger partial charge in [-0.25, -0.2) is 0 Å². The number of nitrogens with one attached hydrogen (secondary N) is 4. The fourth-order valence-electron chi connectivity index (χ4n) is 3.06. The maximum absolute atomic E-state index is 12.9. The minimum atomic E-state index is -1.20. The van der Waals surface area contributed by atoms with Gasteiger partial charge in [-0.3, -0.25) is 24.0 Å². The maximum atomic E-state index is 12.9. The van der Waals surface area contributed by atoms with Crippen LogP contribution in [0.25, 0.3) is 0 Å². The van der Waals surface area contributed by atoms with Crippen LogP contribution < -0.4 is 27.0 Å². The summed E-state index contributed by atoms with van der Waals surface area (Å²) in [4.78, 5) is 60.0. The Balaban J connectivity index is 2.90. The lowest BCUT2D eigenvalue weighted by Crippen LogP contribution is -2.58. The molecule has 1 saturated heterocycles. The molecule has 1 aliphatic heterocycles. The topological polar surface area (TPSA) is 180 Å². The minimum absolute atomic E-state index is 0.0139. The average molecular weight is 428 g/mol. The third-order valence-electron chi connectivity index (χ3n) is 5.21. The molecule has 1 aliphatic rings. The molecule has 0 radical (unpaired) electrons. The average Bonchev–Trinajstić information content (AvgIpc) is 3.22. The Kier molecular flexibility index (Phi) is 10.2. The van der Waals surface area contributed by atoms with Crippen LogP contribution in [0.1, 0.15) is 52.9 Å². The third-order valence-corrected chi connectivity index (χ3v) is 5.21. The lowest BCUT2D eigenvalue weighted by atomic mass is 9.97. The summed E-state index contributed by atoms with van der Waals surface area (Å²) in [5, 5.41) is 19.6. The number of carboxylic acids is 1. The molecule has 0 aromatic heterocycles. The number of amides is 4. The van der Waals surface area contributed by atoms with Gasteiger partial charge in [0.15, 0.2) is 0 Å². The fourth-order valence-corrected chi connectivity index (χ4v) is 3.06. The molecule has 0 spiro atoms. The number of hydrogen-bond acceptors (Lipinski definition) is 6. The first-order valence-electron chi connectivity index (χ1n) is 10.2. The molecular formula is C19H33N5O6. The van der Waals surface area contributed by atoms with Crippen molar-refractivity contribution in [2.45, 2.75) is 77.0 Å². The Bertz CT molecular complexity index is 649. The second-order valence-electron chi connectivity index (χ2n) is 7.66. The second-order valence-corrected chi connectivity index (χ2v) is 7.66. The van der Waals surface area contributed by atoms with Crippen LogP contribution in [0.4, 0.5) is 0 Å². The van der Waals surface area contributed by atoms with Crippen LogP contribution >= 0.6 is 0 Å². The molecule has 170 valence electrons. The van der Waals surface area contributed by atoms with E-state index >= 15 is 0 Å². The Morgan fingerprint density at radius 3 is 2.27 bits per heavy atom. The molecule has 0 aliphatic carbocycles. The van der Waals surface area contributed by atoms with Crippen molar-refractivity contribution in [2.24, 2.45) is 11.7 Å². The molecule has 0 bridgehead atoms. The molecule has 11 nitrogen and oxygen atoms in total. The normalized spacial score (nSPS) is 19.8. The van der Waals surface area contributed by atoms with Crippen molar-refractivity contribution in [1.82, 2.24) is 21.3 Å². The summed E-state index contributed by atoms with van der Waals surface area (Å²) >= 11 is 0. The van der Waals surface area contributed by atoms with Crippen molar-refractivity contribution in [3.63, 3.8) is 0 Å². The van der Waals surface area contributed by atoms with Crippen LogP contribution in [-0.2, 0) is 24.0 Å². The van der Waals surface area contributed by atoms with Crippen LogP contribution in [0.2, 0.25) is 0 Å². The number of hydrogen-bond donors (Lipinski definition) is 6. The molecule has 30 heavy (non-hydrogen) atoms. The van der Waals surface area contributed by atoms with Gasteiger partial charge < -0.3 is 32.1 Å². The Hall–Kier alpha value is -2.69. The molecule has 1 rings (SSSR count). The molecule has 11 heteroatoms. The van der Waals surface area contributed by atoms with Crippen LogP contribution in [0.3, 0.4) is 0 Å². The van der Waals surface area contributed by atoms with E-state index in [1.54, 1.807) is 6.92 Å². The molecule has 5 unspecified atom stereocenters. The van der Waals surface area contributed by atoms with Crippen LogP contribution in [0.5, 0.6) is 0 Å².